The molecule has 0 aliphatic rings. The predicted molar refractivity (Wildman–Crippen MR) is 55.5 cm³/mol. The zero-order valence-corrected chi connectivity index (χ0v) is 8.95. The topological polar surface area (TPSA) is 0 Å². The standard InChI is InChI=1S/C9H12S.CHF3/c1-8-3-5-9(6-4-8)7-10-2;2-1(3)4/h3-6H,7H2,1-2H3;1H. The van der Waals surface area contributed by atoms with Gasteiger partial charge in [0.25, 0.3) is 0 Å². The summed E-state index contributed by atoms with van der Waals surface area (Å²) in [6.45, 7) is -1.55. The lowest BCUT2D eigenvalue weighted by Gasteiger charge is -1.97. The van der Waals surface area contributed by atoms with E-state index in [1.54, 1.807) is 0 Å². The van der Waals surface area contributed by atoms with Crippen molar-refractivity contribution in [2.75, 3.05) is 6.26 Å². The molecule has 0 radical (unpaired) electrons. The lowest BCUT2D eigenvalue weighted by Crippen LogP contribution is -1.78. The van der Waals surface area contributed by atoms with E-state index in [2.05, 4.69) is 37.4 Å². The minimum atomic E-state index is -3.67. The molecule has 0 N–H and O–H groups in total. The van der Waals surface area contributed by atoms with Crippen LogP contribution in [0.2, 0.25) is 0 Å². The zero-order chi connectivity index (χ0) is 11.0. The Morgan fingerprint density at radius 2 is 1.57 bits per heavy atom. The van der Waals surface area contributed by atoms with Gasteiger partial charge < -0.3 is 0 Å². The summed E-state index contributed by atoms with van der Waals surface area (Å²) in [5.41, 5.74) is 2.75. The predicted octanol–water partition coefficient (Wildman–Crippen LogP) is 4.04. The van der Waals surface area contributed by atoms with Crippen molar-refractivity contribution >= 4 is 11.8 Å². The Kier molecular flexibility index (Phi) is 7.38. The highest BCUT2D eigenvalue weighted by Gasteiger charge is 1.88. The maximum Gasteiger partial charge on any atom is 0.379 e. The molecule has 0 aliphatic heterocycles. The molecule has 0 aliphatic carbocycles. The first-order valence-corrected chi connectivity index (χ1v) is 5.42. The summed E-state index contributed by atoms with van der Waals surface area (Å²) >= 11 is 1.86. The smallest absolute Gasteiger partial charge is 0.174 e. The SMILES string of the molecule is CSCc1ccc(C)cc1.FC(F)F. The van der Waals surface area contributed by atoms with Crippen molar-refractivity contribution in [1.29, 1.82) is 0 Å². The Morgan fingerprint density at radius 3 is 1.93 bits per heavy atom. The van der Waals surface area contributed by atoms with Crippen molar-refractivity contribution in [3.05, 3.63) is 35.4 Å². The molecular formula is C10H13F3S. The van der Waals surface area contributed by atoms with Gasteiger partial charge in [-0.2, -0.15) is 24.9 Å². The number of aryl methyl sites for hydroxylation is 1. The van der Waals surface area contributed by atoms with E-state index in [4.69, 9.17) is 0 Å². The third-order valence-electron chi connectivity index (χ3n) is 1.43. The van der Waals surface area contributed by atoms with Crippen LogP contribution < -0.4 is 0 Å². The summed E-state index contributed by atoms with van der Waals surface area (Å²) in [7, 11) is 0. The molecule has 0 unspecified atom stereocenters. The van der Waals surface area contributed by atoms with Crippen LogP contribution in [0.3, 0.4) is 0 Å². The normalized spacial score (nSPS) is 9.57. The maximum atomic E-state index is 9.67. The molecule has 1 aromatic carbocycles. The van der Waals surface area contributed by atoms with Crippen LogP contribution >= 0.6 is 11.8 Å². The van der Waals surface area contributed by atoms with E-state index in [1.165, 1.54) is 11.1 Å². The van der Waals surface area contributed by atoms with Crippen molar-refractivity contribution in [2.24, 2.45) is 0 Å². The lowest BCUT2D eigenvalue weighted by molar-refractivity contribution is 0.00819. The summed E-state index contributed by atoms with van der Waals surface area (Å²) in [5, 5.41) is 0. The molecule has 0 saturated carbocycles. The highest BCUT2D eigenvalue weighted by Crippen LogP contribution is 2.09. The van der Waals surface area contributed by atoms with Gasteiger partial charge in [0.15, 0.2) is 0 Å². The Morgan fingerprint density at radius 1 is 1.14 bits per heavy atom. The van der Waals surface area contributed by atoms with Crippen LogP contribution in [0.4, 0.5) is 13.2 Å². The average molecular weight is 222 g/mol. The van der Waals surface area contributed by atoms with Gasteiger partial charge in [-0.15, -0.1) is 0 Å². The quantitative estimate of drug-likeness (QED) is 0.727. The monoisotopic (exact) mass is 222 g/mol. The summed E-state index contributed by atoms with van der Waals surface area (Å²) in [6.07, 6.45) is 2.12. The fraction of sp³-hybridized carbons (Fsp3) is 0.400. The first-order chi connectivity index (χ1) is 6.56. The van der Waals surface area contributed by atoms with Gasteiger partial charge in [-0.05, 0) is 18.7 Å². The number of alkyl halides is 3. The maximum absolute atomic E-state index is 9.67. The molecular weight excluding hydrogens is 209 g/mol. The number of rotatable bonds is 2. The van der Waals surface area contributed by atoms with Gasteiger partial charge in [0, 0.05) is 5.75 Å². The number of thioether (sulfide) groups is 1. The molecule has 0 atom stereocenters. The summed E-state index contributed by atoms with van der Waals surface area (Å²) in [6, 6.07) is 8.69. The number of benzene rings is 1. The van der Waals surface area contributed by atoms with Gasteiger partial charge in [-0.1, -0.05) is 29.8 Å². The van der Waals surface area contributed by atoms with Crippen LogP contribution in [0.25, 0.3) is 0 Å². The molecule has 0 fully saturated rings. The van der Waals surface area contributed by atoms with E-state index in [-0.39, 0.29) is 0 Å². The van der Waals surface area contributed by atoms with Crippen molar-refractivity contribution in [3.8, 4) is 0 Å². The minimum Gasteiger partial charge on any atom is -0.174 e. The fourth-order valence-corrected chi connectivity index (χ4v) is 1.38. The van der Waals surface area contributed by atoms with E-state index < -0.39 is 6.68 Å². The Hall–Kier alpha value is -0.640. The number of halogens is 3. The zero-order valence-electron chi connectivity index (χ0n) is 8.14. The molecule has 0 bridgehead atoms. The summed E-state index contributed by atoms with van der Waals surface area (Å²) in [5.74, 6) is 1.13. The van der Waals surface area contributed by atoms with E-state index in [0.29, 0.717) is 0 Å². The Balaban J connectivity index is 0.000000364. The van der Waals surface area contributed by atoms with Crippen LogP contribution in [0.5, 0.6) is 0 Å². The largest absolute Gasteiger partial charge is 0.379 e. The van der Waals surface area contributed by atoms with Crippen LogP contribution in [-0.4, -0.2) is 12.9 Å². The van der Waals surface area contributed by atoms with Gasteiger partial charge in [0.1, 0.15) is 0 Å². The van der Waals surface area contributed by atoms with Crippen LogP contribution in [0.1, 0.15) is 11.1 Å². The van der Waals surface area contributed by atoms with Crippen molar-refractivity contribution in [1.82, 2.24) is 0 Å². The van der Waals surface area contributed by atoms with Crippen molar-refractivity contribution in [3.63, 3.8) is 0 Å². The molecule has 0 nitrogen and oxygen atoms in total. The van der Waals surface area contributed by atoms with Gasteiger partial charge in [0.2, 0.25) is 0 Å². The van der Waals surface area contributed by atoms with Crippen LogP contribution in [0, 0.1) is 6.92 Å². The second-order valence-corrected chi connectivity index (χ2v) is 3.53. The number of hydrogen-bond donors (Lipinski definition) is 0. The second kappa shape index (κ2) is 7.74. The van der Waals surface area contributed by atoms with E-state index >= 15 is 0 Å². The molecule has 0 saturated heterocycles. The Bertz CT molecular complexity index is 231. The molecule has 0 spiro atoms. The molecule has 80 valence electrons. The number of hydrogen-bond acceptors (Lipinski definition) is 1. The summed E-state index contributed by atoms with van der Waals surface area (Å²) < 4.78 is 29.0. The Labute approximate surface area is 86.5 Å². The first kappa shape index (κ1) is 13.4. The molecule has 0 aromatic heterocycles. The molecule has 1 aromatic rings. The molecule has 4 heteroatoms. The third kappa shape index (κ3) is 7.98. The van der Waals surface area contributed by atoms with E-state index in [9.17, 15) is 13.2 Å². The van der Waals surface area contributed by atoms with Gasteiger partial charge in [-0.3, -0.25) is 0 Å². The van der Waals surface area contributed by atoms with Gasteiger partial charge in [0.05, 0.1) is 0 Å². The highest BCUT2D eigenvalue weighted by molar-refractivity contribution is 7.97. The fourth-order valence-electron chi connectivity index (χ4n) is 0.851. The molecule has 1 rings (SSSR count). The van der Waals surface area contributed by atoms with E-state index in [0.717, 1.165) is 5.75 Å². The molecule has 0 heterocycles. The van der Waals surface area contributed by atoms with Crippen LogP contribution in [0.15, 0.2) is 24.3 Å². The summed E-state index contributed by atoms with van der Waals surface area (Å²) in [4.78, 5) is 0. The van der Waals surface area contributed by atoms with Crippen molar-refractivity contribution < 1.29 is 13.2 Å². The molecule has 0 amide bonds. The van der Waals surface area contributed by atoms with Gasteiger partial charge >= 0.3 is 6.68 Å². The van der Waals surface area contributed by atoms with Crippen molar-refractivity contribution in [2.45, 2.75) is 19.4 Å². The van der Waals surface area contributed by atoms with E-state index in [1.807, 2.05) is 11.8 Å². The molecule has 14 heavy (non-hydrogen) atoms. The lowest BCUT2D eigenvalue weighted by atomic mass is 10.2. The third-order valence-corrected chi connectivity index (χ3v) is 2.05. The minimum absolute atomic E-state index is 1.13. The average Bonchev–Trinajstić information content (AvgIpc) is 2.08. The van der Waals surface area contributed by atoms with Gasteiger partial charge in [-0.25, -0.2) is 0 Å². The highest BCUT2D eigenvalue weighted by atomic mass is 32.2. The second-order valence-electron chi connectivity index (χ2n) is 2.67. The van der Waals surface area contributed by atoms with Crippen LogP contribution in [-0.2, 0) is 5.75 Å². The first-order valence-electron chi connectivity index (χ1n) is 4.03.